The Bertz CT molecular complexity index is 279. The van der Waals surface area contributed by atoms with Gasteiger partial charge < -0.3 is 9.47 Å². The lowest BCUT2D eigenvalue weighted by molar-refractivity contribution is 0.0441. The average molecular weight is 318 g/mol. The minimum Gasteiger partial charge on any atom is -0.379 e. The summed E-state index contributed by atoms with van der Waals surface area (Å²) in [4.78, 5) is 0. The van der Waals surface area contributed by atoms with Gasteiger partial charge >= 0.3 is 0 Å². The van der Waals surface area contributed by atoms with E-state index in [4.69, 9.17) is 9.47 Å². The summed E-state index contributed by atoms with van der Waals surface area (Å²) in [6.45, 7) is 19.7. The molecule has 0 aromatic carbocycles. The zero-order chi connectivity index (χ0) is 17.6. The van der Waals surface area contributed by atoms with Crippen LogP contribution in [0, 0.1) is 0 Å². The van der Waals surface area contributed by atoms with Gasteiger partial charge in [0.2, 0.25) is 0 Å². The van der Waals surface area contributed by atoms with Gasteiger partial charge in [-0.05, 0) is 12.8 Å². The van der Waals surface area contributed by atoms with E-state index in [1.54, 1.807) is 0 Å². The van der Waals surface area contributed by atoms with E-state index >= 15 is 0 Å². The summed E-state index contributed by atoms with van der Waals surface area (Å²) in [5.41, 5.74) is 1.02. The first-order chi connectivity index (χ1) is 10.9. The fourth-order valence-corrected chi connectivity index (χ4v) is 1.23. The van der Waals surface area contributed by atoms with Crippen molar-refractivity contribution >= 4 is 0 Å². The van der Waals surface area contributed by atoms with Gasteiger partial charge in [-0.1, -0.05) is 60.6 Å². The van der Waals surface area contributed by atoms with Crippen LogP contribution in [0.1, 0.15) is 67.5 Å². The van der Waals surface area contributed by atoms with E-state index in [1.807, 2.05) is 52.4 Å². The summed E-state index contributed by atoms with van der Waals surface area (Å²) in [5, 5.41) is 8.00. The highest BCUT2D eigenvalue weighted by molar-refractivity contribution is 4.90. The summed E-state index contributed by atoms with van der Waals surface area (Å²) >= 11 is 0. The van der Waals surface area contributed by atoms with E-state index in [9.17, 15) is 0 Å². The van der Waals surface area contributed by atoms with E-state index < -0.39 is 0 Å². The van der Waals surface area contributed by atoms with Crippen LogP contribution in [0.25, 0.3) is 0 Å². The Hall–Kier alpha value is -0.940. The van der Waals surface area contributed by atoms with Crippen LogP contribution in [0.3, 0.4) is 0 Å². The molecule has 0 fully saturated rings. The zero-order valence-electron chi connectivity index (χ0n) is 16.2. The van der Waals surface area contributed by atoms with Gasteiger partial charge in [0.1, 0.15) is 0 Å². The number of aromatic nitrogens is 3. The van der Waals surface area contributed by atoms with Crippen molar-refractivity contribution in [3.05, 3.63) is 11.9 Å². The van der Waals surface area contributed by atoms with E-state index in [2.05, 4.69) is 24.2 Å². The summed E-state index contributed by atoms with van der Waals surface area (Å²) in [7, 11) is 0. The Morgan fingerprint density at radius 3 is 1.86 bits per heavy atom. The van der Waals surface area contributed by atoms with Crippen molar-refractivity contribution in [2.75, 3.05) is 26.4 Å². The molecular weight excluding hydrogens is 278 g/mol. The van der Waals surface area contributed by atoms with Crippen LogP contribution in [0.2, 0.25) is 0 Å². The predicted molar refractivity (Wildman–Crippen MR) is 95.4 cm³/mol. The van der Waals surface area contributed by atoms with Crippen molar-refractivity contribution in [3.8, 4) is 0 Å². The second-order valence-electron chi connectivity index (χ2n) is 3.55. The second-order valence-corrected chi connectivity index (χ2v) is 3.55. The molecular formula is C17H39N3O2. The third kappa shape index (κ3) is 17.1. The van der Waals surface area contributed by atoms with E-state index in [1.165, 1.54) is 0 Å². The van der Waals surface area contributed by atoms with Crippen molar-refractivity contribution in [2.24, 2.45) is 0 Å². The number of aryl methyl sites for hydroxylation is 1. The molecule has 0 bridgehead atoms. The van der Waals surface area contributed by atoms with Gasteiger partial charge in [-0.3, -0.25) is 0 Å². The molecule has 0 aliphatic rings. The number of rotatable bonds is 9. The van der Waals surface area contributed by atoms with Crippen LogP contribution < -0.4 is 0 Å². The molecule has 0 radical (unpaired) electrons. The number of hydrogen-bond donors (Lipinski definition) is 0. The van der Waals surface area contributed by atoms with Gasteiger partial charge in [-0.2, -0.15) is 0 Å². The minimum atomic E-state index is 0.648. The largest absolute Gasteiger partial charge is 0.379 e. The predicted octanol–water partition coefficient (Wildman–Crippen LogP) is 4.36. The second kappa shape index (κ2) is 25.0. The van der Waals surface area contributed by atoms with Crippen LogP contribution in [-0.4, -0.2) is 41.4 Å². The van der Waals surface area contributed by atoms with Crippen LogP contribution in [0.4, 0.5) is 0 Å². The quantitative estimate of drug-likeness (QED) is 0.635. The van der Waals surface area contributed by atoms with Gasteiger partial charge in [-0.25, -0.2) is 4.68 Å². The molecule has 0 saturated heterocycles. The maximum atomic E-state index is 5.41. The monoisotopic (exact) mass is 317 g/mol. The maximum Gasteiger partial charge on any atom is 0.0824 e. The molecule has 0 atom stereocenters. The third-order valence-corrected chi connectivity index (χ3v) is 2.13. The van der Waals surface area contributed by atoms with Gasteiger partial charge in [0.05, 0.1) is 32.1 Å². The summed E-state index contributed by atoms with van der Waals surface area (Å²) in [5.74, 6) is 0. The van der Waals surface area contributed by atoms with E-state index in [-0.39, 0.29) is 0 Å². The van der Waals surface area contributed by atoms with Gasteiger partial charge in [0, 0.05) is 12.8 Å². The molecule has 0 aliphatic carbocycles. The third-order valence-electron chi connectivity index (χ3n) is 2.13. The molecule has 1 aromatic rings. The minimum absolute atomic E-state index is 0.648. The Labute approximate surface area is 138 Å². The molecule has 0 spiro atoms. The highest BCUT2D eigenvalue weighted by Crippen LogP contribution is 1.93. The zero-order valence-corrected chi connectivity index (χ0v) is 16.2. The molecule has 134 valence electrons. The summed E-state index contributed by atoms with van der Waals surface area (Å²) in [6, 6.07) is 0. The number of hydrogen-bond acceptors (Lipinski definition) is 4. The Kier molecular flexibility index (Phi) is 29.6. The van der Waals surface area contributed by atoms with Gasteiger partial charge in [0.15, 0.2) is 0 Å². The lowest BCUT2D eigenvalue weighted by atomic mass is 10.4. The molecule has 1 rings (SSSR count). The van der Waals surface area contributed by atoms with Crippen molar-refractivity contribution in [3.63, 3.8) is 0 Å². The average Bonchev–Trinajstić information content (AvgIpc) is 3.07. The molecule has 0 amide bonds. The first-order valence-corrected chi connectivity index (χ1v) is 8.91. The lowest BCUT2D eigenvalue weighted by Gasteiger charge is -2.04. The molecule has 5 nitrogen and oxygen atoms in total. The maximum absolute atomic E-state index is 5.41. The van der Waals surface area contributed by atoms with E-state index in [0.717, 1.165) is 31.7 Å². The van der Waals surface area contributed by atoms with Crippen LogP contribution in [0.5, 0.6) is 0 Å². The van der Waals surface area contributed by atoms with Crippen LogP contribution in [0.15, 0.2) is 6.20 Å². The van der Waals surface area contributed by atoms with Gasteiger partial charge in [-0.15, -0.1) is 5.10 Å². The molecule has 1 aromatic heterocycles. The molecule has 5 heteroatoms. The highest BCUT2D eigenvalue weighted by Gasteiger charge is 1.97. The van der Waals surface area contributed by atoms with Crippen molar-refractivity contribution in [2.45, 2.75) is 74.8 Å². The van der Waals surface area contributed by atoms with Crippen molar-refractivity contribution < 1.29 is 9.47 Å². The summed E-state index contributed by atoms with van der Waals surface area (Å²) in [6.07, 6.45) is 3.93. The molecule has 0 aliphatic heterocycles. The Morgan fingerprint density at radius 1 is 0.864 bits per heavy atom. The first kappa shape index (κ1) is 26.0. The highest BCUT2D eigenvalue weighted by atomic mass is 16.5. The topological polar surface area (TPSA) is 49.2 Å². The van der Waals surface area contributed by atoms with Crippen molar-refractivity contribution in [1.29, 1.82) is 0 Å². The molecule has 22 heavy (non-hydrogen) atoms. The smallest absolute Gasteiger partial charge is 0.0824 e. The first-order valence-electron chi connectivity index (χ1n) is 8.91. The number of ether oxygens (including phenoxy) is 2. The Balaban J connectivity index is -0.000000535. The fourth-order valence-electron chi connectivity index (χ4n) is 1.23. The molecule has 0 unspecified atom stereocenters. The van der Waals surface area contributed by atoms with Gasteiger partial charge in [0.25, 0.3) is 0 Å². The van der Waals surface area contributed by atoms with Crippen molar-refractivity contribution in [1.82, 2.24) is 15.0 Å². The lowest BCUT2D eigenvalue weighted by Crippen LogP contribution is -2.10. The fraction of sp³-hybridized carbons (Fsp3) is 0.882. The normalized spacial score (nSPS) is 8.73. The molecule has 1 heterocycles. The van der Waals surface area contributed by atoms with E-state index in [0.29, 0.717) is 19.8 Å². The molecule has 0 saturated carbocycles. The van der Waals surface area contributed by atoms with Crippen LogP contribution >= 0.6 is 0 Å². The SMILES string of the molecule is CC.CC.CC.CCCOCCOCCn1cc(CC)nn1. The number of nitrogens with zero attached hydrogens (tertiary/aromatic N) is 3. The standard InChI is InChI=1S/C11H21N3O2.3C2H6/c1-3-6-15-8-9-16-7-5-14-10-11(4-2)12-13-14;3*1-2/h10H,3-9H2,1-2H3;3*1-2H3. The van der Waals surface area contributed by atoms with Crippen LogP contribution in [-0.2, 0) is 22.4 Å². The molecule has 0 N–H and O–H groups in total. The Morgan fingerprint density at radius 2 is 1.41 bits per heavy atom. The summed E-state index contributed by atoms with van der Waals surface area (Å²) < 4.78 is 12.5.